The summed E-state index contributed by atoms with van der Waals surface area (Å²) in [5.41, 5.74) is -0.810. The third-order valence-electron chi connectivity index (χ3n) is 1.83. The van der Waals surface area contributed by atoms with Gasteiger partial charge in [-0.25, -0.2) is 8.42 Å². The molecule has 0 fully saturated rings. The van der Waals surface area contributed by atoms with Crippen molar-refractivity contribution in [3.05, 3.63) is 24.3 Å². The number of hydrogen-bond acceptors (Lipinski definition) is 4. The molecule has 16 heavy (non-hydrogen) atoms. The van der Waals surface area contributed by atoms with Crippen LogP contribution in [-0.4, -0.2) is 31.1 Å². The molecular formula is C11H16O3S2. The summed E-state index contributed by atoms with van der Waals surface area (Å²) in [7, 11) is -3.20. The topological polar surface area (TPSA) is 54.4 Å². The van der Waals surface area contributed by atoms with Crippen molar-refractivity contribution < 1.29 is 13.5 Å². The van der Waals surface area contributed by atoms with E-state index in [1.807, 2.05) is 0 Å². The average Bonchev–Trinajstić information content (AvgIpc) is 2.12. The van der Waals surface area contributed by atoms with Gasteiger partial charge < -0.3 is 5.11 Å². The van der Waals surface area contributed by atoms with E-state index >= 15 is 0 Å². The van der Waals surface area contributed by atoms with Crippen LogP contribution in [0.1, 0.15) is 13.8 Å². The lowest BCUT2D eigenvalue weighted by Gasteiger charge is -2.17. The first-order chi connectivity index (χ1) is 7.20. The fraction of sp³-hybridized carbons (Fsp3) is 0.455. The van der Waals surface area contributed by atoms with E-state index in [4.69, 9.17) is 0 Å². The quantitative estimate of drug-likeness (QED) is 0.841. The predicted molar refractivity (Wildman–Crippen MR) is 66.6 cm³/mol. The van der Waals surface area contributed by atoms with Gasteiger partial charge in [0.1, 0.15) is 0 Å². The largest absolute Gasteiger partial charge is 0.390 e. The number of benzene rings is 1. The number of hydrogen-bond donors (Lipinski definition) is 1. The van der Waals surface area contributed by atoms with E-state index in [9.17, 15) is 13.5 Å². The second-order valence-electron chi connectivity index (χ2n) is 4.32. The van der Waals surface area contributed by atoms with E-state index in [1.54, 1.807) is 38.1 Å². The summed E-state index contributed by atoms with van der Waals surface area (Å²) in [5, 5.41) is 9.60. The van der Waals surface area contributed by atoms with Gasteiger partial charge in [0.2, 0.25) is 0 Å². The molecule has 0 bridgehead atoms. The summed E-state index contributed by atoms with van der Waals surface area (Å²) < 4.78 is 23.0. The fourth-order valence-corrected chi connectivity index (χ4v) is 3.41. The fourth-order valence-electron chi connectivity index (χ4n) is 1.13. The average molecular weight is 260 g/mol. The van der Waals surface area contributed by atoms with Gasteiger partial charge in [-0.2, -0.15) is 0 Å². The number of sulfone groups is 1. The highest BCUT2D eigenvalue weighted by atomic mass is 32.2. The molecule has 5 heteroatoms. The number of rotatable bonds is 4. The molecule has 0 spiro atoms. The van der Waals surface area contributed by atoms with Crippen LogP contribution in [-0.2, 0) is 9.84 Å². The zero-order valence-corrected chi connectivity index (χ0v) is 11.2. The lowest BCUT2D eigenvalue weighted by molar-refractivity contribution is 0.107. The van der Waals surface area contributed by atoms with Crippen molar-refractivity contribution in [2.45, 2.75) is 29.2 Å². The molecule has 1 aromatic rings. The molecule has 1 aromatic carbocycles. The Labute approximate surface area is 101 Å². The molecule has 0 aliphatic rings. The molecule has 0 unspecified atom stereocenters. The van der Waals surface area contributed by atoms with E-state index < -0.39 is 15.4 Å². The molecule has 0 saturated heterocycles. The lowest BCUT2D eigenvalue weighted by Crippen LogP contribution is -2.21. The molecule has 1 rings (SSSR count). The summed E-state index contributed by atoms with van der Waals surface area (Å²) in [6, 6.07) is 6.83. The summed E-state index contributed by atoms with van der Waals surface area (Å²) in [6.45, 7) is 3.39. The zero-order chi connectivity index (χ0) is 12.4. The molecule has 0 aliphatic carbocycles. The van der Waals surface area contributed by atoms with Crippen molar-refractivity contribution >= 4 is 21.6 Å². The molecular weight excluding hydrogens is 244 g/mol. The number of thioether (sulfide) groups is 1. The van der Waals surface area contributed by atoms with Crippen LogP contribution in [0.2, 0.25) is 0 Å². The van der Waals surface area contributed by atoms with Gasteiger partial charge in [-0.3, -0.25) is 0 Å². The van der Waals surface area contributed by atoms with Gasteiger partial charge in [-0.05, 0) is 26.0 Å². The normalized spacial score (nSPS) is 12.8. The Morgan fingerprint density at radius 2 is 1.88 bits per heavy atom. The maximum atomic E-state index is 11.5. The zero-order valence-electron chi connectivity index (χ0n) is 9.60. The van der Waals surface area contributed by atoms with E-state index in [0.717, 1.165) is 0 Å². The van der Waals surface area contributed by atoms with Crippen LogP contribution < -0.4 is 0 Å². The minimum atomic E-state index is -3.20. The highest BCUT2D eigenvalue weighted by molar-refractivity contribution is 8.00. The molecule has 0 heterocycles. The van der Waals surface area contributed by atoms with Crippen LogP contribution in [0.4, 0.5) is 0 Å². The maximum absolute atomic E-state index is 11.5. The summed E-state index contributed by atoms with van der Waals surface area (Å²) >= 11 is 1.35. The second kappa shape index (κ2) is 4.77. The van der Waals surface area contributed by atoms with Crippen LogP contribution in [0.3, 0.4) is 0 Å². The Bertz CT molecular complexity index is 458. The predicted octanol–water partition coefficient (Wildman–Crippen LogP) is 1.95. The SMILES string of the molecule is CC(C)(O)CSc1ccccc1S(C)(=O)=O. The Morgan fingerprint density at radius 3 is 2.38 bits per heavy atom. The molecule has 0 saturated carbocycles. The van der Waals surface area contributed by atoms with Crippen molar-refractivity contribution in [1.29, 1.82) is 0 Å². The first-order valence-corrected chi connectivity index (χ1v) is 7.72. The van der Waals surface area contributed by atoms with Crippen molar-refractivity contribution in [3.63, 3.8) is 0 Å². The highest BCUT2D eigenvalue weighted by Gasteiger charge is 2.17. The third kappa shape index (κ3) is 4.15. The van der Waals surface area contributed by atoms with Crippen molar-refractivity contribution in [1.82, 2.24) is 0 Å². The summed E-state index contributed by atoms with van der Waals surface area (Å²) in [5.74, 6) is 0.458. The maximum Gasteiger partial charge on any atom is 0.176 e. The first kappa shape index (κ1) is 13.5. The van der Waals surface area contributed by atoms with E-state index in [0.29, 0.717) is 15.5 Å². The molecule has 0 aliphatic heterocycles. The van der Waals surface area contributed by atoms with Crippen molar-refractivity contribution in [2.75, 3.05) is 12.0 Å². The molecule has 0 aromatic heterocycles. The standard InChI is InChI=1S/C11H16O3S2/c1-11(2,12)8-15-9-6-4-5-7-10(9)16(3,13)14/h4-7,12H,8H2,1-3H3. The van der Waals surface area contributed by atoms with Gasteiger partial charge in [0.15, 0.2) is 9.84 Å². The second-order valence-corrected chi connectivity index (χ2v) is 7.32. The third-order valence-corrected chi connectivity index (χ3v) is 4.63. The Balaban J connectivity index is 2.97. The van der Waals surface area contributed by atoms with Gasteiger partial charge >= 0.3 is 0 Å². The highest BCUT2D eigenvalue weighted by Crippen LogP contribution is 2.28. The minimum absolute atomic E-state index is 0.323. The lowest BCUT2D eigenvalue weighted by atomic mass is 10.2. The van der Waals surface area contributed by atoms with Gasteiger partial charge in [-0.15, -0.1) is 11.8 Å². The van der Waals surface area contributed by atoms with Crippen molar-refractivity contribution in [3.8, 4) is 0 Å². The summed E-state index contributed by atoms with van der Waals surface area (Å²) in [6.07, 6.45) is 1.19. The molecule has 0 radical (unpaired) electrons. The van der Waals surface area contributed by atoms with E-state index in [-0.39, 0.29) is 0 Å². The van der Waals surface area contributed by atoms with Crippen LogP contribution >= 0.6 is 11.8 Å². The first-order valence-electron chi connectivity index (χ1n) is 4.84. The van der Waals surface area contributed by atoms with Gasteiger partial charge in [0, 0.05) is 16.9 Å². The number of aliphatic hydroxyl groups is 1. The molecule has 3 nitrogen and oxygen atoms in total. The monoisotopic (exact) mass is 260 g/mol. The van der Waals surface area contributed by atoms with Crippen LogP contribution in [0.5, 0.6) is 0 Å². The van der Waals surface area contributed by atoms with E-state index in [1.165, 1.54) is 18.0 Å². The van der Waals surface area contributed by atoms with Crippen LogP contribution in [0.15, 0.2) is 34.1 Å². The summed E-state index contributed by atoms with van der Waals surface area (Å²) in [4.78, 5) is 1.01. The smallest absolute Gasteiger partial charge is 0.176 e. The molecule has 90 valence electrons. The molecule has 1 N–H and O–H groups in total. The molecule has 0 amide bonds. The van der Waals surface area contributed by atoms with E-state index in [2.05, 4.69) is 0 Å². The van der Waals surface area contributed by atoms with Gasteiger partial charge in [-0.1, -0.05) is 12.1 Å². The Kier molecular flexibility index (Phi) is 4.04. The Hall–Kier alpha value is -0.520. The molecule has 0 atom stereocenters. The van der Waals surface area contributed by atoms with Crippen molar-refractivity contribution in [2.24, 2.45) is 0 Å². The Morgan fingerprint density at radius 1 is 1.31 bits per heavy atom. The van der Waals surface area contributed by atoms with Crippen LogP contribution in [0.25, 0.3) is 0 Å². The minimum Gasteiger partial charge on any atom is -0.390 e. The van der Waals surface area contributed by atoms with Crippen LogP contribution in [0, 0.1) is 0 Å². The van der Waals surface area contributed by atoms with Gasteiger partial charge in [0.05, 0.1) is 10.5 Å². The van der Waals surface area contributed by atoms with Gasteiger partial charge in [0.25, 0.3) is 0 Å².